The van der Waals surface area contributed by atoms with E-state index in [0.29, 0.717) is 6.42 Å². The number of carboxylic acids is 1. The molecule has 0 aliphatic heterocycles. The molecule has 4 nitrogen and oxygen atoms in total. The number of carbonyl (C=O) groups excluding carboxylic acids is 1. The van der Waals surface area contributed by atoms with E-state index in [1.54, 1.807) is 16.7 Å². The Hall–Kier alpha value is -1.49. The van der Waals surface area contributed by atoms with Gasteiger partial charge in [0.15, 0.2) is 0 Å². The number of aliphatic carboxylic acids is 1. The van der Waals surface area contributed by atoms with Gasteiger partial charge in [-0.15, -0.1) is 0 Å². The van der Waals surface area contributed by atoms with E-state index in [1.165, 1.54) is 0 Å². The smallest absolute Gasteiger partial charge is 0.305 e. The Bertz CT molecular complexity index is 448. The average Bonchev–Trinajstić information content (AvgIpc) is 2.38. The number of amides is 1. The Morgan fingerprint density at radius 2 is 1.95 bits per heavy atom. The van der Waals surface area contributed by atoms with E-state index in [2.05, 4.69) is 0 Å². The van der Waals surface area contributed by atoms with Crippen molar-refractivity contribution in [2.45, 2.75) is 19.8 Å². The molecule has 1 aromatic rings. The second-order valence-electron chi connectivity index (χ2n) is 4.22. The van der Waals surface area contributed by atoms with Crippen LogP contribution in [-0.4, -0.2) is 35.5 Å². The molecule has 1 aromatic carbocycles. The zero-order chi connectivity index (χ0) is 14.3. The molecular weight excluding hydrogens is 262 g/mol. The van der Waals surface area contributed by atoms with Crippen LogP contribution < -0.4 is 4.90 Å². The van der Waals surface area contributed by atoms with E-state index in [9.17, 15) is 9.59 Å². The molecule has 104 valence electrons. The third kappa shape index (κ3) is 4.95. The fraction of sp³-hybridized carbons (Fsp3) is 0.429. The van der Waals surface area contributed by atoms with Gasteiger partial charge >= 0.3 is 5.97 Å². The van der Waals surface area contributed by atoms with Crippen molar-refractivity contribution in [2.24, 2.45) is 0 Å². The molecule has 0 aliphatic rings. The first-order valence-electron chi connectivity index (χ1n) is 6.13. The van der Waals surface area contributed by atoms with Crippen LogP contribution in [-0.2, 0) is 9.59 Å². The molecule has 0 aromatic heterocycles. The first-order valence-corrected chi connectivity index (χ1v) is 7.52. The van der Waals surface area contributed by atoms with Crippen LogP contribution >= 0.6 is 11.8 Å². The lowest BCUT2D eigenvalue weighted by Crippen LogP contribution is -2.33. The van der Waals surface area contributed by atoms with E-state index in [1.807, 2.05) is 37.4 Å². The quantitative estimate of drug-likeness (QED) is 0.834. The minimum Gasteiger partial charge on any atom is -0.481 e. The van der Waals surface area contributed by atoms with Gasteiger partial charge in [-0.05, 0) is 24.8 Å². The molecule has 0 fully saturated rings. The third-order valence-electron chi connectivity index (χ3n) is 2.78. The maximum Gasteiger partial charge on any atom is 0.305 e. The molecule has 1 N–H and O–H groups in total. The summed E-state index contributed by atoms with van der Waals surface area (Å²) < 4.78 is 0. The van der Waals surface area contributed by atoms with Crippen LogP contribution in [0.25, 0.3) is 0 Å². The lowest BCUT2D eigenvalue weighted by molar-refractivity contribution is -0.136. The molecule has 0 bridgehead atoms. The monoisotopic (exact) mass is 281 g/mol. The highest BCUT2D eigenvalue weighted by Gasteiger charge is 2.17. The third-order valence-corrected chi connectivity index (χ3v) is 3.39. The summed E-state index contributed by atoms with van der Waals surface area (Å²) in [5.74, 6) is -0.171. The number of anilines is 1. The number of carbonyl (C=O) groups is 2. The molecule has 0 atom stereocenters. The molecule has 1 amide bonds. The van der Waals surface area contributed by atoms with E-state index in [4.69, 9.17) is 5.11 Å². The molecule has 5 heteroatoms. The van der Waals surface area contributed by atoms with Crippen molar-refractivity contribution in [3.05, 3.63) is 29.8 Å². The Labute approximate surface area is 117 Å². The minimum absolute atomic E-state index is 0.0232. The van der Waals surface area contributed by atoms with E-state index >= 15 is 0 Å². The highest BCUT2D eigenvalue weighted by molar-refractivity contribution is 7.98. The van der Waals surface area contributed by atoms with Gasteiger partial charge in [0, 0.05) is 24.4 Å². The SMILES string of the molecule is CSCCC(=O)N(CCC(=O)O)c1ccccc1C. The summed E-state index contributed by atoms with van der Waals surface area (Å²) >= 11 is 1.61. The van der Waals surface area contributed by atoms with Crippen LogP contribution in [0, 0.1) is 6.92 Å². The number of hydrogen-bond donors (Lipinski definition) is 1. The van der Waals surface area contributed by atoms with Crippen LogP contribution in [0.1, 0.15) is 18.4 Å². The van der Waals surface area contributed by atoms with Crippen LogP contribution in [0.15, 0.2) is 24.3 Å². The summed E-state index contributed by atoms with van der Waals surface area (Å²) in [7, 11) is 0. The fourth-order valence-electron chi connectivity index (χ4n) is 1.78. The predicted molar refractivity (Wildman–Crippen MR) is 78.8 cm³/mol. The molecule has 0 unspecified atom stereocenters. The maximum atomic E-state index is 12.2. The van der Waals surface area contributed by atoms with E-state index < -0.39 is 5.97 Å². The zero-order valence-electron chi connectivity index (χ0n) is 11.3. The van der Waals surface area contributed by atoms with Gasteiger partial charge in [0.05, 0.1) is 6.42 Å². The van der Waals surface area contributed by atoms with Gasteiger partial charge in [-0.3, -0.25) is 9.59 Å². The van der Waals surface area contributed by atoms with Crippen molar-refractivity contribution < 1.29 is 14.7 Å². The summed E-state index contributed by atoms with van der Waals surface area (Å²) in [5.41, 5.74) is 1.78. The largest absolute Gasteiger partial charge is 0.481 e. The summed E-state index contributed by atoms with van der Waals surface area (Å²) in [6.07, 6.45) is 2.33. The van der Waals surface area contributed by atoms with Crippen molar-refractivity contribution in [3.8, 4) is 0 Å². The second-order valence-corrected chi connectivity index (χ2v) is 5.20. The highest BCUT2D eigenvalue weighted by atomic mass is 32.2. The number of para-hydroxylation sites is 1. The lowest BCUT2D eigenvalue weighted by atomic mass is 10.1. The highest BCUT2D eigenvalue weighted by Crippen LogP contribution is 2.21. The Morgan fingerprint density at radius 1 is 1.26 bits per heavy atom. The Kier molecular flexibility index (Phi) is 6.42. The normalized spacial score (nSPS) is 10.2. The van der Waals surface area contributed by atoms with Crippen LogP contribution in [0.2, 0.25) is 0 Å². The number of thioether (sulfide) groups is 1. The minimum atomic E-state index is -0.892. The predicted octanol–water partition coefficient (Wildman–Crippen LogP) is 2.56. The van der Waals surface area contributed by atoms with Crippen LogP contribution in [0.5, 0.6) is 0 Å². The Morgan fingerprint density at radius 3 is 2.53 bits per heavy atom. The number of aryl methyl sites for hydroxylation is 1. The van der Waals surface area contributed by atoms with E-state index in [0.717, 1.165) is 17.0 Å². The van der Waals surface area contributed by atoms with Gasteiger partial charge in [-0.1, -0.05) is 18.2 Å². The molecule has 0 saturated carbocycles. The number of hydrogen-bond acceptors (Lipinski definition) is 3. The van der Waals surface area contributed by atoms with Crippen molar-refractivity contribution in [2.75, 3.05) is 23.5 Å². The van der Waals surface area contributed by atoms with Gasteiger partial charge in [-0.2, -0.15) is 11.8 Å². The molecule has 0 heterocycles. The zero-order valence-corrected chi connectivity index (χ0v) is 12.1. The summed E-state index contributed by atoms with van der Waals surface area (Å²) in [5, 5.41) is 8.79. The fourth-order valence-corrected chi connectivity index (χ4v) is 2.16. The molecule has 19 heavy (non-hydrogen) atoms. The average molecular weight is 281 g/mol. The van der Waals surface area contributed by atoms with Crippen molar-refractivity contribution in [1.82, 2.24) is 0 Å². The maximum absolute atomic E-state index is 12.2. The first-order chi connectivity index (χ1) is 9.06. The molecule has 0 radical (unpaired) electrons. The van der Waals surface area contributed by atoms with Crippen LogP contribution in [0.3, 0.4) is 0 Å². The summed E-state index contributed by atoms with van der Waals surface area (Å²) in [6, 6.07) is 7.54. The van der Waals surface area contributed by atoms with Crippen molar-refractivity contribution >= 4 is 29.3 Å². The van der Waals surface area contributed by atoms with E-state index in [-0.39, 0.29) is 18.9 Å². The number of benzene rings is 1. The van der Waals surface area contributed by atoms with Gasteiger partial charge in [-0.25, -0.2) is 0 Å². The Balaban J connectivity index is 2.88. The number of carboxylic acid groups (broad SMARTS) is 1. The van der Waals surface area contributed by atoms with Gasteiger partial charge in [0.1, 0.15) is 0 Å². The standard InChI is InChI=1S/C14H19NO3S/c1-11-5-3-4-6-12(11)15(9-7-14(17)18)13(16)8-10-19-2/h3-6H,7-10H2,1-2H3,(H,17,18). The summed E-state index contributed by atoms with van der Waals surface area (Å²) in [4.78, 5) is 24.5. The molecule has 0 saturated heterocycles. The van der Waals surface area contributed by atoms with Gasteiger partial charge in [0.25, 0.3) is 0 Å². The molecular formula is C14H19NO3S. The van der Waals surface area contributed by atoms with Crippen molar-refractivity contribution in [1.29, 1.82) is 0 Å². The van der Waals surface area contributed by atoms with Gasteiger partial charge < -0.3 is 10.0 Å². The number of rotatable bonds is 7. The van der Waals surface area contributed by atoms with Crippen LogP contribution in [0.4, 0.5) is 5.69 Å². The first kappa shape index (κ1) is 15.6. The van der Waals surface area contributed by atoms with Gasteiger partial charge in [0.2, 0.25) is 5.91 Å². The topological polar surface area (TPSA) is 57.6 Å². The molecule has 0 aliphatic carbocycles. The molecule has 0 spiro atoms. The lowest BCUT2D eigenvalue weighted by Gasteiger charge is -2.24. The molecule has 1 rings (SSSR count). The van der Waals surface area contributed by atoms with Crippen molar-refractivity contribution in [3.63, 3.8) is 0 Å². The summed E-state index contributed by atoms with van der Waals surface area (Å²) in [6.45, 7) is 2.14. The number of nitrogens with zero attached hydrogens (tertiary/aromatic N) is 1. The second kappa shape index (κ2) is 7.84.